The summed E-state index contributed by atoms with van der Waals surface area (Å²) in [5, 5.41) is 6.43. The number of nitrogens with one attached hydrogen (secondary N) is 2. The molecule has 4 heteroatoms. The Morgan fingerprint density at radius 2 is 2.25 bits per heavy atom. The summed E-state index contributed by atoms with van der Waals surface area (Å²) in [5.41, 5.74) is 0. The van der Waals surface area contributed by atoms with Crippen molar-refractivity contribution >= 4 is 5.91 Å². The molecule has 0 aromatic carbocycles. The van der Waals surface area contributed by atoms with E-state index in [1.54, 1.807) is 0 Å². The number of likely N-dealkylation sites (N-methyl/N-ethyl adjacent to an activating group) is 1. The zero-order valence-electron chi connectivity index (χ0n) is 10.8. The Kier molecular flexibility index (Phi) is 5.77. The van der Waals surface area contributed by atoms with Gasteiger partial charge in [-0.05, 0) is 40.4 Å². The van der Waals surface area contributed by atoms with Gasteiger partial charge >= 0.3 is 0 Å². The quantitative estimate of drug-likeness (QED) is 0.722. The van der Waals surface area contributed by atoms with E-state index in [9.17, 15) is 4.79 Å². The molecule has 1 saturated heterocycles. The number of carbonyl (C=O) groups excluding carboxylic acids is 1. The van der Waals surface area contributed by atoms with E-state index in [1.807, 2.05) is 21.0 Å². The Balaban J connectivity index is 2.18. The average molecular weight is 227 g/mol. The van der Waals surface area contributed by atoms with Crippen LogP contribution >= 0.6 is 0 Å². The second kappa shape index (κ2) is 6.86. The lowest BCUT2D eigenvalue weighted by atomic mass is 10.0. The highest BCUT2D eigenvalue weighted by atomic mass is 16.1. The van der Waals surface area contributed by atoms with Gasteiger partial charge in [-0.15, -0.1) is 0 Å². The first kappa shape index (κ1) is 13.5. The van der Waals surface area contributed by atoms with Crippen molar-refractivity contribution < 1.29 is 4.79 Å². The number of rotatable bonds is 5. The molecule has 16 heavy (non-hydrogen) atoms. The van der Waals surface area contributed by atoms with Crippen molar-refractivity contribution in [2.24, 2.45) is 0 Å². The predicted molar refractivity (Wildman–Crippen MR) is 66.4 cm³/mol. The summed E-state index contributed by atoms with van der Waals surface area (Å²) < 4.78 is 0. The lowest BCUT2D eigenvalue weighted by Gasteiger charge is -2.24. The summed E-state index contributed by atoms with van der Waals surface area (Å²) in [6.07, 6.45) is 4.25. The van der Waals surface area contributed by atoms with Crippen LogP contribution in [0.3, 0.4) is 0 Å². The van der Waals surface area contributed by atoms with Gasteiger partial charge in [-0.25, -0.2) is 0 Å². The minimum absolute atomic E-state index is 0.175. The Morgan fingerprint density at radius 1 is 1.50 bits per heavy atom. The van der Waals surface area contributed by atoms with Crippen LogP contribution in [0.5, 0.6) is 0 Å². The molecule has 0 saturated carbocycles. The second-order valence-corrected chi connectivity index (χ2v) is 5.08. The molecule has 2 atom stereocenters. The first-order valence-corrected chi connectivity index (χ1v) is 6.25. The number of hydrogen-bond donors (Lipinski definition) is 2. The lowest BCUT2D eigenvalue weighted by molar-refractivity contribution is -0.122. The van der Waals surface area contributed by atoms with Crippen LogP contribution in [-0.2, 0) is 4.79 Å². The smallest absolute Gasteiger partial charge is 0.221 e. The van der Waals surface area contributed by atoms with Gasteiger partial charge in [0, 0.05) is 25.0 Å². The van der Waals surface area contributed by atoms with Crippen LogP contribution in [-0.4, -0.2) is 50.1 Å². The van der Waals surface area contributed by atoms with Crippen molar-refractivity contribution in [1.82, 2.24) is 15.5 Å². The van der Waals surface area contributed by atoms with E-state index in [1.165, 1.54) is 12.8 Å². The Hall–Kier alpha value is -0.610. The number of piperidine rings is 1. The normalized spacial score (nSPS) is 23.1. The van der Waals surface area contributed by atoms with E-state index in [2.05, 4.69) is 15.5 Å². The van der Waals surface area contributed by atoms with Crippen molar-refractivity contribution in [3.8, 4) is 0 Å². The van der Waals surface area contributed by atoms with Gasteiger partial charge in [0.2, 0.25) is 5.91 Å². The van der Waals surface area contributed by atoms with Crippen molar-refractivity contribution in [3.63, 3.8) is 0 Å². The molecule has 0 spiro atoms. The maximum Gasteiger partial charge on any atom is 0.221 e. The SMILES string of the molecule is CC(CN(C)C)NC(=O)CC1CCCCN1. The Labute approximate surface area is 98.8 Å². The van der Waals surface area contributed by atoms with Crippen molar-refractivity contribution in [3.05, 3.63) is 0 Å². The molecule has 0 radical (unpaired) electrons. The van der Waals surface area contributed by atoms with Crippen molar-refractivity contribution in [2.45, 2.75) is 44.7 Å². The van der Waals surface area contributed by atoms with Gasteiger partial charge in [0.05, 0.1) is 0 Å². The van der Waals surface area contributed by atoms with Crippen LogP contribution in [0.2, 0.25) is 0 Å². The lowest BCUT2D eigenvalue weighted by Crippen LogP contribution is -2.43. The molecule has 94 valence electrons. The van der Waals surface area contributed by atoms with E-state index in [0.29, 0.717) is 12.5 Å². The second-order valence-electron chi connectivity index (χ2n) is 5.08. The highest BCUT2D eigenvalue weighted by molar-refractivity contribution is 5.76. The summed E-state index contributed by atoms with van der Waals surface area (Å²) >= 11 is 0. The molecule has 1 fully saturated rings. The molecule has 1 aliphatic heterocycles. The van der Waals surface area contributed by atoms with Gasteiger partial charge in [-0.1, -0.05) is 6.42 Å². The molecular formula is C12H25N3O. The molecule has 1 amide bonds. The number of nitrogens with zero attached hydrogens (tertiary/aromatic N) is 1. The van der Waals surface area contributed by atoms with Gasteiger partial charge in [-0.2, -0.15) is 0 Å². The predicted octanol–water partition coefficient (Wildman–Crippen LogP) is 0.585. The van der Waals surface area contributed by atoms with Crippen LogP contribution in [0.15, 0.2) is 0 Å². The van der Waals surface area contributed by atoms with Crippen LogP contribution in [0.1, 0.15) is 32.6 Å². The molecule has 2 N–H and O–H groups in total. The molecule has 0 aromatic heterocycles. The third-order valence-corrected chi connectivity index (χ3v) is 2.89. The third-order valence-electron chi connectivity index (χ3n) is 2.89. The zero-order valence-corrected chi connectivity index (χ0v) is 10.8. The fourth-order valence-electron chi connectivity index (χ4n) is 2.25. The summed E-state index contributed by atoms with van der Waals surface area (Å²) in [4.78, 5) is 13.8. The van der Waals surface area contributed by atoms with E-state index in [4.69, 9.17) is 0 Å². The van der Waals surface area contributed by atoms with Crippen LogP contribution < -0.4 is 10.6 Å². The van der Waals surface area contributed by atoms with Crippen LogP contribution in [0.25, 0.3) is 0 Å². The topological polar surface area (TPSA) is 44.4 Å². The Bertz CT molecular complexity index is 212. The number of hydrogen-bond acceptors (Lipinski definition) is 3. The first-order chi connectivity index (χ1) is 7.58. The van der Waals surface area contributed by atoms with E-state index >= 15 is 0 Å². The van der Waals surface area contributed by atoms with E-state index < -0.39 is 0 Å². The maximum absolute atomic E-state index is 11.7. The molecule has 4 nitrogen and oxygen atoms in total. The minimum Gasteiger partial charge on any atom is -0.352 e. The maximum atomic E-state index is 11.7. The fourth-order valence-corrected chi connectivity index (χ4v) is 2.25. The monoisotopic (exact) mass is 227 g/mol. The molecule has 2 unspecified atom stereocenters. The van der Waals surface area contributed by atoms with Gasteiger partial charge in [0.25, 0.3) is 0 Å². The summed E-state index contributed by atoms with van der Waals surface area (Å²) in [7, 11) is 4.04. The van der Waals surface area contributed by atoms with E-state index in [0.717, 1.165) is 19.5 Å². The van der Waals surface area contributed by atoms with E-state index in [-0.39, 0.29) is 11.9 Å². The molecule has 1 aliphatic rings. The minimum atomic E-state index is 0.175. The van der Waals surface area contributed by atoms with Gasteiger partial charge in [-0.3, -0.25) is 4.79 Å². The fraction of sp³-hybridized carbons (Fsp3) is 0.917. The van der Waals surface area contributed by atoms with Crippen molar-refractivity contribution in [1.29, 1.82) is 0 Å². The largest absolute Gasteiger partial charge is 0.352 e. The van der Waals surface area contributed by atoms with Gasteiger partial charge in [0.1, 0.15) is 0 Å². The summed E-state index contributed by atoms with van der Waals surface area (Å²) in [6, 6.07) is 0.617. The number of amides is 1. The molecule has 1 rings (SSSR count). The molecule has 1 heterocycles. The molecular weight excluding hydrogens is 202 g/mol. The summed E-state index contributed by atoms with van der Waals surface area (Å²) in [5.74, 6) is 0.175. The molecule has 0 aromatic rings. The molecule has 0 bridgehead atoms. The van der Waals surface area contributed by atoms with Gasteiger partial charge in [0.15, 0.2) is 0 Å². The number of carbonyl (C=O) groups is 1. The highest BCUT2D eigenvalue weighted by Gasteiger charge is 2.17. The van der Waals surface area contributed by atoms with Crippen LogP contribution in [0.4, 0.5) is 0 Å². The Morgan fingerprint density at radius 3 is 2.81 bits per heavy atom. The van der Waals surface area contributed by atoms with Crippen LogP contribution in [0, 0.1) is 0 Å². The standard InChI is InChI=1S/C12H25N3O/c1-10(9-15(2)3)14-12(16)8-11-6-4-5-7-13-11/h10-11,13H,4-9H2,1-3H3,(H,14,16). The average Bonchev–Trinajstić information content (AvgIpc) is 2.17. The van der Waals surface area contributed by atoms with Crippen molar-refractivity contribution in [2.75, 3.05) is 27.2 Å². The molecule has 0 aliphatic carbocycles. The third kappa shape index (κ3) is 5.47. The highest BCUT2D eigenvalue weighted by Crippen LogP contribution is 2.09. The van der Waals surface area contributed by atoms with Gasteiger partial charge < -0.3 is 15.5 Å². The zero-order chi connectivity index (χ0) is 12.0. The summed E-state index contributed by atoms with van der Waals surface area (Å²) in [6.45, 7) is 4.00. The first-order valence-electron chi connectivity index (χ1n) is 6.25.